The average Bonchev–Trinajstić information content (AvgIpc) is 1.73. The van der Waals surface area contributed by atoms with Crippen molar-refractivity contribution >= 4 is 30.1 Å². The molecule has 36 valence electrons. The van der Waals surface area contributed by atoms with E-state index in [2.05, 4.69) is 6.58 Å². The second kappa shape index (κ2) is 5.14. The van der Waals surface area contributed by atoms with Gasteiger partial charge in [0, 0.05) is 0 Å². The Bertz CT molecular complexity index is 62.7. The molecule has 0 saturated carbocycles. The zero-order valence-corrected chi connectivity index (χ0v) is 5.73. The highest BCUT2D eigenvalue weighted by atomic mass is 127. The summed E-state index contributed by atoms with van der Waals surface area (Å²) in [6, 6.07) is 0. The largest absolute Gasteiger partial charge is 0.298 e. The van der Waals surface area contributed by atoms with Gasteiger partial charge in [0.25, 0.3) is 0 Å². The third kappa shape index (κ3) is 8.91. The summed E-state index contributed by atoms with van der Waals surface area (Å²) in [6.45, 7) is 4.97. The lowest BCUT2D eigenvalue weighted by molar-refractivity contribution is -0.104. The third-order valence-corrected chi connectivity index (χ3v) is 0.201. The van der Waals surface area contributed by atoms with Crippen molar-refractivity contribution in [3.05, 3.63) is 12.2 Å². The number of hydrogen-bond acceptors (Lipinski definition) is 1. The molecule has 0 amide bonds. The van der Waals surface area contributed by atoms with Crippen molar-refractivity contribution in [3.8, 4) is 0 Å². The Kier molecular flexibility index (Phi) is 5.26. The maximum absolute atomic E-state index is 9.41. The Balaban J connectivity index is 0. The smallest absolute Gasteiger partial charge is 0.145 e. The molecule has 1 nitrogen and oxygen atoms in total. The Morgan fingerprint density at radius 1 is 2.17 bits per heavy atom. The van der Waals surface area contributed by atoms with E-state index in [0.717, 1.165) is 6.29 Å². The van der Waals surface area contributed by atoms with Gasteiger partial charge in [0.1, 0.15) is 6.88 Å². The predicted octanol–water partition coefficient (Wildman–Crippen LogP) is 1.38. The number of rotatable bonds is 1. The van der Waals surface area contributed by atoms with Gasteiger partial charge in [0.05, 0.1) is 0 Å². The first kappa shape index (κ1) is 6.14. The van der Waals surface area contributed by atoms with Gasteiger partial charge in [-0.05, 0) is 12.5 Å². The lowest BCUT2D eigenvalue weighted by Gasteiger charge is -1.65. The second-order valence-corrected chi connectivity index (χ2v) is 0.964. The van der Waals surface area contributed by atoms with E-state index in [0.29, 0.717) is 5.57 Å². The molecule has 0 heterocycles. The van der Waals surface area contributed by atoms with Gasteiger partial charge in [-0.2, -0.15) is 0 Å². The zero-order chi connectivity index (χ0) is 6.28. The molecule has 2 heteroatoms. The molecular formula is C4H7IO. The molecule has 0 spiro atoms. The Morgan fingerprint density at radius 2 is 2.33 bits per heavy atom. The molecule has 0 bridgehead atoms. The van der Waals surface area contributed by atoms with E-state index in [1.165, 1.54) is 23.8 Å². The monoisotopic (exact) mass is 199 g/mol. The van der Waals surface area contributed by atoms with Crippen LogP contribution in [-0.4, -0.2) is 6.88 Å². The molecule has 0 N–H and O–H groups in total. The Hall–Kier alpha value is 0.140. The average molecular weight is 199 g/mol. The first-order chi connectivity index (χ1) is 3.27. The van der Waals surface area contributed by atoms with Crippen LogP contribution < -0.4 is 0 Å². The summed E-state index contributed by atoms with van der Waals surface area (Å²) in [5, 5.41) is 0. The summed E-state index contributed by atoms with van der Waals surface area (Å²) in [4.78, 5) is 9.41. The van der Waals surface area contributed by atoms with Crippen molar-refractivity contribution in [1.29, 1.82) is 0.594 Å². The van der Waals surface area contributed by atoms with Crippen LogP contribution in [0.3, 0.4) is 0 Å². The minimum atomic E-state index is 0.574. The Morgan fingerprint density at radius 3 is 2.33 bits per heavy atom. The highest BCUT2D eigenvalue weighted by Crippen LogP contribution is 1.70. The molecule has 6 heavy (non-hydrogen) atoms. The molecule has 0 aromatic heterocycles. The van der Waals surface area contributed by atoms with Crippen molar-refractivity contribution < 1.29 is 4.79 Å². The lowest BCUT2D eigenvalue weighted by atomic mass is 10.4. The predicted molar refractivity (Wildman–Crippen MR) is 36.3 cm³/mol. The van der Waals surface area contributed by atoms with E-state index in [-0.39, 0.29) is 0 Å². The summed E-state index contributed by atoms with van der Waals surface area (Å²) in [5.74, 6) is 0. The van der Waals surface area contributed by atoms with Gasteiger partial charge in [0.15, 0.2) is 0 Å². The quantitative estimate of drug-likeness (QED) is 0.354. The molecule has 0 saturated heterocycles. The Labute approximate surface area is 54.9 Å². The fourth-order valence-corrected chi connectivity index (χ4v) is 0. The van der Waals surface area contributed by atoms with Gasteiger partial charge in [-0.15, -0.1) is 23.8 Å². The number of carbonyl (C=O) groups is 1. The topological polar surface area (TPSA) is 17.1 Å². The van der Waals surface area contributed by atoms with Gasteiger partial charge < -0.3 is 0 Å². The molecule has 0 aromatic rings. The summed E-state index contributed by atoms with van der Waals surface area (Å²) >= 11 is 1.40. The molecule has 0 aliphatic heterocycles. The number of allylic oxidation sites excluding steroid dienone is 1. The normalized spacial score (nSPS) is 6.67. The van der Waals surface area contributed by atoms with Crippen LogP contribution in [0.25, 0.3) is 0 Å². The van der Waals surface area contributed by atoms with Crippen LogP contribution in [0, 0.1) is 0 Å². The molecular weight excluding hydrogens is 191 g/mol. The van der Waals surface area contributed by atoms with Crippen molar-refractivity contribution in [1.82, 2.24) is 0 Å². The fourth-order valence-electron chi connectivity index (χ4n) is 0. The van der Waals surface area contributed by atoms with Crippen LogP contribution >= 0.6 is 23.8 Å². The minimum absolute atomic E-state index is 0.574. The minimum Gasteiger partial charge on any atom is -0.298 e. The summed E-state index contributed by atoms with van der Waals surface area (Å²) in [6.07, 6.45) is 0.722. The van der Waals surface area contributed by atoms with Crippen LogP contribution in [0.4, 0.5) is 0 Å². The first-order valence-electron chi connectivity index (χ1n) is 1.76. The summed E-state index contributed by atoms with van der Waals surface area (Å²) < 4.78 is 5.72. The van der Waals surface area contributed by atoms with Gasteiger partial charge >= 0.3 is 0 Å². The summed E-state index contributed by atoms with van der Waals surface area (Å²) in [7, 11) is 0. The maximum atomic E-state index is 9.41. The number of hydrogen-bond donors (Lipinski definition) is 0. The molecule has 0 atom stereocenters. The standard InChI is InChI=1S/C4H6O.HI/c1-4(2)3-5;/h3H,1H2,2H3;1H/i/hD. The van der Waals surface area contributed by atoms with E-state index >= 15 is 0 Å². The molecule has 0 radical (unpaired) electrons. The van der Waals surface area contributed by atoms with Crippen LogP contribution in [0.5, 0.6) is 0 Å². The highest BCUT2D eigenvalue weighted by molar-refractivity contribution is 14.0. The SMILES string of the molecule is C=C(C)C=O.[2H]I. The van der Waals surface area contributed by atoms with E-state index in [1.807, 2.05) is 0 Å². The molecule has 0 rings (SSSR count). The third-order valence-electron chi connectivity index (χ3n) is 0.201. The molecule has 0 fully saturated rings. The lowest BCUT2D eigenvalue weighted by Crippen LogP contribution is -1.65. The van der Waals surface area contributed by atoms with Crippen molar-refractivity contribution in [2.45, 2.75) is 6.92 Å². The van der Waals surface area contributed by atoms with Crippen molar-refractivity contribution in [2.75, 3.05) is 0 Å². The van der Waals surface area contributed by atoms with E-state index in [1.54, 1.807) is 6.92 Å². The van der Waals surface area contributed by atoms with E-state index in [4.69, 9.17) is 0.594 Å². The molecule has 0 aromatic carbocycles. The summed E-state index contributed by atoms with van der Waals surface area (Å²) in [5.41, 5.74) is 0.574. The zero-order valence-electron chi connectivity index (χ0n) is 4.57. The van der Waals surface area contributed by atoms with Gasteiger partial charge in [0.2, 0.25) is 0 Å². The van der Waals surface area contributed by atoms with E-state index < -0.39 is 0 Å². The van der Waals surface area contributed by atoms with Gasteiger partial charge in [-0.3, -0.25) is 4.79 Å². The second-order valence-electron chi connectivity index (χ2n) is 0.964. The molecule has 0 unspecified atom stereocenters. The van der Waals surface area contributed by atoms with Crippen LogP contribution in [0.2, 0.25) is 0 Å². The highest BCUT2D eigenvalue weighted by Gasteiger charge is 1.66. The van der Waals surface area contributed by atoms with Crippen LogP contribution in [0.1, 0.15) is 6.92 Å². The number of halogens is 1. The van der Waals surface area contributed by atoms with Gasteiger partial charge in [-0.25, -0.2) is 0 Å². The van der Waals surface area contributed by atoms with Crippen molar-refractivity contribution in [2.24, 2.45) is 0 Å². The van der Waals surface area contributed by atoms with Gasteiger partial charge in [-0.1, -0.05) is 6.58 Å². The molecule has 0 aliphatic rings. The number of carbonyl (C=O) groups excluding carboxylic acids is 1. The van der Waals surface area contributed by atoms with E-state index in [9.17, 15) is 4.79 Å². The van der Waals surface area contributed by atoms with Crippen LogP contribution in [-0.2, 0) is 4.79 Å². The fraction of sp³-hybridized carbons (Fsp3) is 0.250. The maximum Gasteiger partial charge on any atom is 0.145 e. The van der Waals surface area contributed by atoms with Crippen LogP contribution in [0.15, 0.2) is 12.2 Å². The first-order valence-corrected chi connectivity index (χ1v) is 1.38. The molecule has 0 aliphatic carbocycles. The number of aldehydes is 1. The van der Waals surface area contributed by atoms with Crippen molar-refractivity contribution in [3.63, 3.8) is 0 Å².